The molecule has 0 saturated carbocycles. The van der Waals surface area contributed by atoms with E-state index in [9.17, 15) is 9.59 Å². The minimum absolute atomic E-state index is 0.0344. The highest BCUT2D eigenvalue weighted by atomic mass is 16.4. The summed E-state index contributed by atoms with van der Waals surface area (Å²) in [6.45, 7) is 5.49. The number of likely N-dealkylation sites (N-methyl/N-ethyl adjacent to an activating group) is 2. The highest BCUT2D eigenvalue weighted by Crippen LogP contribution is 2.05. The first-order valence-corrected chi connectivity index (χ1v) is 7.57. The van der Waals surface area contributed by atoms with Gasteiger partial charge in [0.15, 0.2) is 0 Å². The zero-order valence-corrected chi connectivity index (χ0v) is 13.3. The monoisotopic (exact) mass is 300 g/mol. The minimum atomic E-state index is -0.887. The van der Waals surface area contributed by atoms with Crippen molar-refractivity contribution >= 4 is 12.0 Å². The Labute approximate surface area is 126 Å². The summed E-state index contributed by atoms with van der Waals surface area (Å²) < 4.78 is 0. The fraction of sp³-hybridized carbons (Fsp3) is 0.857. The Morgan fingerprint density at radius 1 is 1.33 bits per heavy atom. The van der Waals surface area contributed by atoms with Crippen molar-refractivity contribution in [3.8, 4) is 0 Å². The van der Waals surface area contributed by atoms with E-state index in [2.05, 4.69) is 34.5 Å². The predicted octanol–water partition coefficient (Wildman–Crippen LogP) is 0.175. The third-order valence-corrected chi connectivity index (χ3v) is 3.87. The Morgan fingerprint density at radius 3 is 2.67 bits per heavy atom. The molecule has 3 N–H and O–H groups in total. The molecule has 1 aliphatic heterocycles. The number of nitrogens with one attached hydrogen (secondary N) is 2. The van der Waals surface area contributed by atoms with Crippen LogP contribution >= 0.6 is 0 Å². The van der Waals surface area contributed by atoms with Crippen molar-refractivity contribution < 1.29 is 14.7 Å². The van der Waals surface area contributed by atoms with Crippen LogP contribution in [0.25, 0.3) is 0 Å². The summed E-state index contributed by atoms with van der Waals surface area (Å²) in [6.07, 6.45) is 1.48. The standard InChI is InChI=1S/C14H28N4O3/c1-4-5-11(8-13(19)20)16-14(21)15-9-12-10-17(2)6-7-18(12)3/h11-12H,4-10H2,1-3H3,(H,19,20)(H2,15,16,21). The number of carbonyl (C=O) groups excluding carboxylic acids is 1. The fourth-order valence-electron chi connectivity index (χ4n) is 2.55. The van der Waals surface area contributed by atoms with Gasteiger partial charge in [-0.25, -0.2) is 4.79 Å². The van der Waals surface area contributed by atoms with Gasteiger partial charge in [0.1, 0.15) is 0 Å². The lowest BCUT2D eigenvalue weighted by Gasteiger charge is -2.37. The molecule has 0 radical (unpaired) electrons. The lowest BCUT2D eigenvalue weighted by Crippen LogP contribution is -2.55. The first kappa shape index (κ1) is 17.7. The molecule has 1 heterocycles. The Balaban J connectivity index is 2.35. The van der Waals surface area contributed by atoms with E-state index < -0.39 is 5.97 Å². The maximum Gasteiger partial charge on any atom is 0.315 e. The molecule has 1 rings (SSSR count). The van der Waals surface area contributed by atoms with Crippen LogP contribution in [-0.4, -0.2) is 79.3 Å². The molecular formula is C14H28N4O3. The van der Waals surface area contributed by atoms with Crippen LogP contribution in [0.15, 0.2) is 0 Å². The molecule has 0 aromatic carbocycles. The van der Waals surface area contributed by atoms with Crippen molar-refractivity contribution in [3.05, 3.63) is 0 Å². The molecule has 0 aromatic rings. The van der Waals surface area contributed by atoms with E-state index in [1.165, 1.54) is 0 Å². The second-order valence-corrected chi connectivity index (χ2v) is 5.83. The fourth-order valence-corrected chi connectivity index (χ4v) is 2.55. The molecule has 0 aliphatic carbocycles. The minimum Gasteiger partial charge on any atom is -0.481 e. The van der Waals surface area contributed by atoms with Gasteiger partial charge in [-0.2, -0.15) is 0 Å². The first-order chi connectivity index (χ1) is 9.92. The number of carboxylic acid groups (broad SMARTS) is 1. The molecule has 0 spiro atoms. The molecule has 122 valence electrons. The molecule has 0 bridgehead atoms. The van der Waals surface area contributed by atoms with Crippen LogP contribution in [0.2, 0.25) is 0 Å². The van der Waals surface area contributed by atoms with Crippen molar-refractivity contribution in [1.82, 2.24) is 20.4 Å². The van der Waals surface area contributed by atoms with Gasteiger partial charge in [0.2, 0.25) is 0 Å². The average molecular weight is 300 g/mol. The van der Waals surface area contributed by atoms with Crippen molar-refractivity contribution in [3.63, 3.8) is 0 Å². The maximum absolute atomic E-state index is 11.9. The molecule has 1 fully saturated rings. The Hall–Kier alpha value is -1.34. The van der Waals surface area contributed by atoms with Crippen LogP contribution in [0.1, 0.15) is 26.2 Å². The maximum atomic E-state index is 11.9. The zero-order chi connectivity index (χ0) is 15.8. The number of rotatable bonds is 7. The van der Waals surface area contributed by atoms with Crippen molar-refractivity contribution in [2.45, 2.75) is 38.3 Å². The van der Waals surface area contributed by atoms with Gasteiger partial charge < -0.3 is 20.6 Å². The van der Waals surface area contributed by atoms with Gasteiger partial charge in [-0.15, -0.1) is 0 Å². The van der Waals surface area contributed by atoms with Crippen LogP contribution in [0.5, 0.6) is 0 Å². The van der Waals surface area contributed by atoms with Crippen molar-refractivity contribution in [2.24, 2.45) is 0 Å². The number of piperazine rings is 1. The SMILES string of the molecule is CCCC(CC(=O)O)NC(=O)NCC1CN(C)CCN1C. The number of hydrogen-bond donors (Lipinski definition) is 3. The summed E-state index contributed by atoms with van der Waals surface area (Å²) in [7, 11) is 4.13. The molecule has 1 saturated heterocycles. The molecule has 0 aromatic heterocycles. The summed E-state index contributed by atoms with van der Waals surface area (Å²) in [5.41, 5.74) is 0. The molecule has 7 heteroatoms. The van der Waals surface area contributed by atoms with E-state index in [-0.39, 0.29) is 18.5 Å². The summed E-state index contributed by atoms with van der Waals surface area (Å²) in [6, 6.07) is -0.297. The van der Waals surface area contributed by atoms with Gasteiger partial charge in [-0.3, -0.25) is 9.69 Å². The van der Waals surface area contributed by atoms with E-state index in [4.69, 9.17) is 5.11 Å². The van der Waals surface area contributed by atoms with E-state index in [0.29, 0.717) is 19.0 Å². The average Bonchev–Trinajstić information content (AvgIpc) is 2.39. The number of aliphatic carboxylic acids is 1. The molecular weight excluding hydrogens is 272 g/mol. The van der Waals surface area contributed by atoms with Gasteiger partial charge in [-0.05, 0) is 20.5 Å². The predicted molar refractivity (Wildman–Crippen MR) is 81.4 cm³/mol. The van der Waals surface area contributed by atoms with E-state index in [0.717, 1.165) is 26.1 Å². The largest absolute Gasteiger partial charge is 0.481 e. The van der Waals surface area contributed by atoms with Crippen molar-refractivity contribution in [1.29, 1.82) is 0 Å². The number of carbonyl (C=O) groups is 2. The number of carboxylic acids is 1. The quantitative estimate of drug-likeness (QED) is 0.624. The van der Waals surface area contributed by atoms with Crippen LogP contribution in [0.3, 0.4) is 0 Å². The Kier molecular flexibility index (Phi) is 7.45. The van der Waals surface area contributed by atoms with Gasteiger partial charge in [0.25, 0.3) is 0 Å². The van der Waals surface area contributed by atoms with Gasteiger partial charge >= 0.3 is 12.0 Å². The third-order valence-electron chi connectivity index (χ3n) is 3.87. The summed E-state index contributed by atoms with van der Waals surface area (Å²) >= 11 is 0. The number of amides is 2. The van der Waals surface area contributed by atoms with E-state index in [1.807, 2.05) is 6.92 Å². The van der Waals surface area contributed by atoms with Crippen LogP contribution in [0.4, 0.5) is 4.79 Å². The van der Waals surface area contributed by atoms with Crippen molar-refractivity contribution in [2.75, 3.05) is 40.3 Å². The second-order valence-electron chi connectivity index (χ2n) is 5.83. The second kappa shape index (κ2) is 8.84. The summed E-state index contributed by atoms with van der Waals surface area (Å²) in [5, 5.41) is 14.4. The zero-order valence-electron chi connectivity index (χ0n) is 13.3. The van der Waals surface area contributed by atoms with Crippen LogP contribution in [0, 0.1) is 0 Å². The summed E-state index contributed by atoms with van der Waals surface area (Å²) in [5.74, 6) is -0.887. The normalized spacial score (nSPS) is 21.8. The van der Waals surface area contributed by atoms with Gasteiger partial charge in [0.05, 0.1) is 6.42 Å². The highest BCUT2D eigenvalue weighted by molar-refractivity contribution is 5.75. The number of nitrogens with zero attached hydrogens (tertiary/aromatic N) is 2. The van der Waals surface area contributed by atoms with E-state index in [1.54, 1.807) is 0 Å². The highest BCUT2D eigenvalue weighted by Gasteiger charge is 2.23. The number of hydrogen-bond acceptors (Lipinski definition) is 4. The van der Waals surface area contributed by atoms with E-state index >= 15 is 0 Å². The molecule has 2 atom stereocenters. The van der Waals surface area contributed by atoms with Gasteiger partial charge in [-0.1, -0.05) is 13.3 Å². The Morgan fingerprint density at radius 2 is 2.05 bits per heavy atom. The lowest BCUT2D eigenvalue weighted by molar-refractivity contribution is -0.137. The molecule has 21 heavy (non-hydrogen) atoms. The molecule has 2 amide bonds. The molecule has 2 unspecified atom stereocenters. The van der Waals surface area contributed by atoms with Gasteiger partial charge in [0, 0.05) is 38.3 Å². The third kappa shape index (κ3) is 6.77. The molecule has 1 aliphatic rings. The van der Waals surface area contributed by atoms with Crippen LogP contribution < -0.4 is 10.6 Å². The first-order valence-electron chi connectivity index (χ1n) is 7.57. The topological polar surface area (TPSA) is 84.9 Å². The summed E-state index contributed by atoms with van der Waals surface area (Å²) in [4.78, 5) is 27.1. The lowest BCUT2D eigenvalue weighted by atomic mass is 10.1. The Bertz CT molecular complexity index is 351. The smallest absolute Gasteiger partial charge is 0.315 e. The van der Waals surface area contributed by atoms with Crippen LogP contribution in [-0.2, 0) is 4.79 Å². The number of urea groups is 1. The molecule has 7 nitrogen and oxygen atoms in total.